The van der Waals surface area contributed by atoms with Gasteiger partial charge in [-0.1, -0.05) is 60.7 Å². The summed E-state index contributed by atoms with van der Waals surface area (Å²) >= 11 is 0. The molecule has 0 radical (unpaired) electrons. The van der Waals surface area contributed by atoms with Crippen LogP contribution in [-0.4, -0.2) is 37.4 Å². The smallest absolute Gasteiger partial charge is 0.251 e. The molecule has 0 aliphatic heterocycles. The third kappa shape index (κ3) is 5.90. The molecular formula is C23H23N3O3. The molecule has 3 amide bonds. The lowest BCUT2D eigenvalue weighted by molar-refractivity contribution is -0.125. The lowest BCUT2D eigenvalue weighted by Gasteiger charge is -2.09. The molecular weight excluding hydrogens is 366 g/mol. The van der Waals surface area contributed by atoms with E-state index in [0.717, 1.165) is 16.3 Å². The number of hydrogen-bond donors (Lipinski definition) is 3. The summed E-state index contributed by atoms with van der Waals surface area (Å²) < 4.78 is 0. The maximum absolute atomic E-state index is 12.2. The Hall–Kier alpha value is -3.67. The van der Waals surface area contributed by atoms with Gasteiger partial charge < -0.3 is 16.0 Å². The standard InChI is InChI=1S/C23H23N3O3/c27-21(15-19-11-6-10-17-7-4-5-12-20(17)19)26-16-22(28)24-13-14-25-23(29)18-8-2-1-3-9-18/h1-12H,13-16H2,(H,24,28)(H,25,29)(H,26,27). The van der Waals surface area contributed by atoms with Gasteiger partial charge in [0.1, 0.15) is 0 Å². The zero-order valence-corrected chi connectivity index (χ0v) is 16.0. The molecule has 29 heavy (non-hydrogen) atoms. The molecule has 0 atom stereocenters. The molecule has 0 bridgehead atoms. The van der Waals surface area contributed by atoms with Gasteiger partial charge in [-0.25, -0.2) is 0 Å². The van der Waals surface area contributed by atoms with Gasteiger partial charge in [-0.3, -0.25) is 14.4 Å². The first kappa shape index (κ1) is 20.1. The van der Waals surface area contributed by atoms with Crippen LogP contribution in [0.3, 0.4) is 0 Å². The van der Waals surface area contributed by atoms with Gasteiger partial charge in [0.2, 0.25) is 11.8 Å². The highest BCUT2D eigenvalue weighted by Gasteiger charge is 2.09. The van der Waals surface area contributed by atoms with Crippen LogP contribution in [0, 0.1) is 0 Å². The fourth-order valence-corrected chi connectivity index (χ4v) is 2.99. The van der Waals surface area contributed by atoms with Crippen molar-refractivity contribution in [1.29, 1.82) is 0 Å². The number of nitrogens with one attached hydrogen (secondary N) is 3. The summed E-state index contributed by atoms with van der Waals surface area (Å²) in [5.74, 6) is -0.706. The Morgan fingerprint density at radius 2 is 1.34 bits per heavy atom. The Morgan fingerprint density at radius 1 is 0.655 bits per heavy atom. The maximum Gasteiger partial charge on any atom is 0.251 e. The van der Waals surface area contributed by atoms with E-state index in [-0.39, 0.29) is 37.2 Å². The molecule has 0 saturated carbocycles. The van der Waals surface area contributed by atoms with E-state index < -0.39 is 0 Å². The maximum atomic E-state index is 12.2. The second kappa shape index (κ2) is 10.0. The van der Waals surface area contributed by atoms with Crippen LogP contribution >= 0.6 is 0 Å². The van der Waals surface area contributed by atoms with Gasteiger partial charge in [0.25, 0.3) is 5.91 Å². The molecule has 0 fully saturated rings. The first-order valence-electron chi connectivity index (χ1n) is 9.47. The molecule has 3 aromatic carbocycles. The van der Waals surface area contributed by atoms with E-state index in [2.05, 4.69) is 16.0 Å². The van der Waals surface area contributed by atoms with Gasteiger partial charge in [-0.05, 0) is 28.5 Å². The van der Waals surface area contributed by atoms with E-state index in [1.54, 1.807) is 24.3 Å². The Labute approximate surface area is 169 Å². The molecule has 0 aliphatic rings. The Balaban J connectivity index is 1.37. The molecule has 0 saturated heterocycles. The molecule has 0 unspecified atom stereocenters. The highest BCUT2D eigenvalue weighted by Crippen LogP contribution is 2.18. The second-order valence-corrected chi connectivity index (χ2v) is 6.56. The molecule has 6 nitrogen and oxygen atoms in total. The number of carbonyl (C=O) groups is 3. The van der Waals surface area contributed by atoms with Crippen LogP contribution in [0.25, 0.3) is 10.8 Å². The Morgan fingerprint density at radius 3 is 2.17 bits per heavy atom. The van der Waals surface area contributed by atoms with E-state index in [1.807, 2.05) is 48.5 Å². The topological polar surface area (TPSA) is 87.3 Å². The number of benzene rings is 3. The van der Waals surface area contributed by atoms with Crippen molar-refractivity contribution in [3.63, 3.8) is 0 Å². The molecule has 0 aliphatic carbocycles. The Bertz CT molecular complexity index is 997. The summed E-state index contributed by atoms with van der Waals surface area (Å²) in [6, 6.07) is 22.6. The number of fused-ring (bicyclic) bond motifs is 1. The van der Waals surface area contributed by atoms with E-state index in [1.165, 1.54) is 0 Å². The van der Waals surface area contributed by atoms with Crippen LogP contribution < -0.4 is 16.0 Å². The minimum absolute atomic E-state index is 0.101. The van der Waals surface area contributed by atoms with Crippen LogP contribution in [0.1, 0.15) is 15.9 Å². The number of rotatable bonds is 8. The molecule has 3 rings (SSSR count). The van der Waals surface area contributed by atoms with Gasteiger partial charge >= 0.3 is 0 Å². The van der Waals surface area contributed by atoms with Crippen molar-refractivity contribution in [2.24, 2.45) is 0 Å². The molecule has 3 N–H and O–H groups in total. The highest BCUT2D eigenvalue weighted by molar-refractivity contribution is 5.94. The molecule has 6 heteroatoms. The third-order valence-electron chi connectivity index (χ3n) is 4.45. The molecule has 0 spiro atoms. The summed E-state index contributed by atoms with van der Waals surface area (Å²) in [6.45, 7) is 0.496. The van der Waals surface area contributed by atoms with Gasteiger partial charge in [-0.15, -0.1) is 0 Å². The first-order valence-corrected chi connectivity index (χ1v) is 9.47. The predicted molar refractivity (Wildman–Crippen MR) is 112 cm³/mol. The summed E-state index contributed by atoms with van der Waals surface area (Å²) in [6.07, 6.45) is 0.210. The zero-order valence-electron chi connectivity index (χ0n) is 16.0. The van der Waals surface area contributed by atoms with Crippen LogP contribution in [-0.2, 0) is 16.0 Å². The van der Waals surface area contributed by atoms with E-state index in [0.29, 0.717) is 12.1 Å². The van der Waals surface area contributed by atoms with Crippen molar-refractivity contribution >= 4 is 28.5 Å². The van der Waals surface area contributed by atoms with Crippen LogP contribution in [0.4, 0.5) is 0 Å². The average Bonchev–Trinajstić information content (AvgIpc) is 2.76. The van der Waals surface area contributed by atoms with Gasteiger partial charge in [0, 0.05) is 18.7 Å². The summed E-state index contributed by atoms with van der Waals surface area (Å²) in [5, 5.41) is 10.1. The number of carbonyl (C=O) groups excluding carboxylic acids is 3. The van der Waals surface area contributed by atoms with Crippen molar-refractivity contribution in [1.82, 2.24) is 16.0 Å². The van der Waals surface area contributed by atoms with E-state index in [4.69, 9.17) is 0 Å². The normalized spacial score (nSPS) is 10.3. The van der Waals surface area contributed by atoms with Crippen molar-refractivity contribution in [2.75, 3.05) is 19.6 Å². The summed E-state index contributed by atoms with van der Waals surface area (Å²) in [5.41, 5.74) is 1.49. The largest absolute Gasteiger partial charge is 0.353 e. The van der Waals surface area contributed by atoms with Crippen molar-refractivity contribution < 1.29 is 14.4 Å². The van der Waals surface area contributed by atoms with Crippen molar-refractivity contribution in [3.05, 3.63) is 83.9 Å². The van der Waals surface area contributed by atoms with Gasteiger partial charge in [0.05, 0.1) is 13.0 Å². The first-order chi connectivity index (χ1) is 14.1. The highest BCUT2D eigenvalue weighted by atomic mass is 16.2. The quantitative estimate of drug-likeness (QED) is 0.515. The monoisotopic (exact) mass is 389 g/mol. The molecule has 0 aromatic heterocycles. The second-order valence-electron chi connectivity index (χ2n) is 6.56. The van der Waals surface area contributed by atoms with Gasteiger partial charge in [0.15, 0.2) is 0 Å². The molecule has 148 valence electrons. The minimum Gasteiger partial charge on any atom is -0.353 e. The van der Waals surface area contributed by atoms with Crippen LogP contribution in [0.2, 0.25) is 0 Å². The van der Waals surface area contributed by atoms with Crippen LogP contribution in [0.5, 0.6) is 0 Å². The van der Waals surface area contributed by atoms with Crippen LogP contribution in [0.15, 0.2) is 72.8 Å². The van der Waals surface area contributed by atoms with Crippen molar-refractivity contribution in [2.45, 2.75) is 6.42 Å². The van der Waals surface area contributed by atoms with Gasteiger partial charge in [-0.2, -0.15) is 0 Å². The third-order valence-corrected chi connectivity index (χ3v) is 4.45. The zero-order chi connectivity index (χ0) is 20.5. The van der Waals surface area contributed by atoms with E-state index in [9.17, 15) is 14.4 Å². The summed E-state index contributed by atoms with van der Waals surface area (Å²) in [4.78, 5) is 36.0. The molecule has 3 aromatic rings. The number of amides is 3. The number of hydrogen-bond acceptors (Lipinski definition) is 3. The fraction of sp³-hybridized carbons (Fsp3) is 0.174. The summed E-state index contributed by atoms with van der Waals surface area (Å²) in [7, 11) is 0. The fourth-order valence-electron chi connectivity index (χ4n) is 2.99. The minimum atomic E-state index is -0.301. The SMILES string of the molecule is O=C(CNC(=O)Cc1cccc2ccccc12)NCCNC(=O)c1ccccc1. The lowest BCUT2D eigenvalue weighted by Crippen LogP contribution is -2.40. The predicted octanol–water partition coefficient (Wildman–Crippen LogP) is 2.04. The molecule has 0 heterocycles. The average molecular weight is 389 g/mol. The Kier molecular flexibility index (Phi) is 6.95. The van der Waals surface area contributed by atoms with Crippen molar-refractivity contribution in [3.8, 4) is 0 Å². The van der Waals surface area contributed by atoms with E-state index >= 15 is 0 Å². The lowest BCUT2D eigenvalue weighted by atomic mass is 10.0.